The average Bonchev–Trinajstić information content (AvgIpc) is 2.74. The number of carbonyl (C=O) groups is 2. The number of hydrogen-bond acceptors (Lipinski definition) is 8. The summed E-state index contributed by atoms with van der Waals surface area (Å²) in [6, 6.07) is 7.56. The van der Waals surface area contributed by atoms with Crippen LogP contribution in [0.15, 0.2) is 36.5 Å². The topological polar surface area (TPSA) is 124 Å². The Morgan fingerprint density at radius 3 is 2.76 bits per heavy atom. The Morgan fingerprint density at radius 1 is 1.28 bits per heavy atom. The van der Waals surface area contributed by atoms with E-state index in [0.717, 1.165) is 0 Å². The fourth-order valence-electron chi connectivity index (χ4n) is 2.94. The quantitative estimate of drug-likeness (QED) is 0.443. The van der Waals surface area contributed by atoms with E-state index < -0.39 is 23.4 Å². The first kappa shape index (κ1) is 20.2. The van der Waals surface area contributed by atoms with Gasteiger partial charge in [0, 0.05) is 25.4 Å². The van der Waals surface area contributed by atoms with E-state index >= 15 is 0 Å². The zero-order chi connectivity index (χ0) is 20.8. The van der Waals surface area contributed by atoms with Gasteiger partial charge in [0.15, 0.2) is 6.61 Å². The van der Waals surface area contributed by atoms with Gasteiger partial charge >= 0.3 is 5.97 Å². The molecule has 1 aliphatic heterocycles. The molecule has 0 atom stereocenters. The third kappa shape index (κ3) is 4.85. The standard InChI is InChI=1S/C19H20N4O6/c1-13-15(5-2-6-16(13)23(26)27)21-17(24)12-29-19(25)14-4-3-7-20-18(14)22-8-10-28-11-9-22/h2-7H,8-12H2,1H3,(H,21,24). The van der Waals surface area contributed by atoms with Crippen LogP contribution in [-0.4, -0.2) is 54.7 Å². The van der Waals surface area contributed by atoms with Crippen LogP contribution in [-0.2, 0) is 14.3 Å². The molecule has 152 valence electrons. The van der Waals surface area contributed by atoms with Crippen LogP contribution in [0, 0.1) is 17.0 Å². The molecule has 10 heteroatoms. The number of nitro benzene ring substituents is 1. The molecule has 1 saturated heterocycles. The van der Waals surface area contributed by atoms with Gasteiger partial charge < -0.3 is 19.7 Å². The number of esters is 1. The maximum Gasteiger partial charge on any atom is 0.342 e. The maximum absolute atomic E-state index is 12.5. The molecule has 0 unspecified atom stereocenters. The molecular weight excluding hydrogens is 380 g/mol. The van der Waals surface area contributed by atoms with E-state index in [0.29, 0.717) is 37.7 Å². The van der Waals surface area contributed by atoms with Crippen molar-refractivity contribution in [1.29, 1.82) is 0 Å². The molecule has 29 heavy (non-hydrogen) atoms. The lowest BCUT2D eigenvalue weighted by molar-refractivity contribution is -0.385. The number of aromatic nitrogens is 1. The number of pyridine rings is 1. The van der Waals surface area contributed by atoms with E-state index in [1.165, 1.54) is 19.1 Å². The number of rotatable bonds is 6. The molecular formula is C19H20N4O6. The summed E-state index contributed by atoms with van der Waals surface area (Å²) in [5, 5.41) is 13.5. The summed E-state index contributed by atoms with van der Waals surface area (Å²) >= 11 is 0. The SMILES string of the molecule is Cc1c(NC(=O)COC(=O)c2cccnc2N2CCOCC2)cccc1[N+](=O)[O-]. The lowest BCUT2D eigenvalue weighted by Crippen LogP contribution is -2.37. The highest BCUT2D eigenvalue weighted by atomic mass is 16.6. The minimum atomic E-state index is -0.675. The zero-order valence-electron chi connectivity index (χ0n) is 15.8. The summed E-state index contributed by atoms with van der Waals surface area (Å²) < 4.78 is 10.4. The minimum absolute atomic E-state index is 0.106. The largest absolute Gasteiger partial charge is 0.452 e. The van der Waals surface area contributed by atoms with E-state index in [2.05, 4.69) is 10.3 Å². The Hall–Kier alpha value is -3.53. The van der Waals surface area contributed by atoms with Crippen LogP contribution in [0.1, 0.15) is 15.9 Å². The molecule has 2 aromatic rings. The molecule has 0 spiro atoms. The molecule has 1 aliphatic rings. The van der Waals surface area contributed by atoms with Crippen LogP contribution in [0.4, 0.5) is 17.2 Å². The fraction of sp³-hybridized carbons (Fsp3) is 0.316. The number of amides is 1. The number of nitrogens with one attached hydrogen (secondary N) is 1. The molecule has 10 nitrogen and oxygen atoms in total. The highest BCUT2D eigenvalue weighted by Gasteiger charge is 2.22. The highest BCUT2D eigenvalue weighted by molar-refractivity contribution is 5.98. The zero-order valence-corrected chi connectivity index (χ0v) is 15.8. The minimum Gasteiger partial charge on any atom is -0.452 e. The molecule has 2 heterocycles. The molecule has 3 rings (SSSR count). The number of hydrogen-bond donors (Lipinski definition) is 1. The number of nitro groups is 1. The first-order valence-electron chi connectivity index (χ1n) is 8.96. The lowest BCUT2D eigenvalue weighted by atomic mass is 10.1. The number of carbonyl (C=O) groups excluding carboxylic acids is 2. The summed E-state index contributed by atoms with van der Waals surface area (Å²) in [5.41, 5.74) is 0.758. The van der Waals surface area contributed by atoms with Gasteiger partial charge in [-0.25, -0.2) is 9.78 Å². The van der Waals surface area contributed by atoms with E-state index in [1.807, 2.05) is 4.90 Å². The lowest BCUT2D eigenvalue weighted by Gasteiger charge is -2.28. The summed E-state index contributed by atoms with van der Waals surface area (Å²) in [6.45, 7) is 3.28. The Morgan fingerprint density at radius 2 is 2.03 bits per heavy atom. The van der Waals surface area contributed by atoms with Crippen LogP contribution in [0.25, 0.3) is 0 Å². The van der Waals surface area contributed by atoms with Gasteiger partial charge in [-0.2, -0.15) is 0 Å². The van der Waals surface area contributed by atoms with Crippen molar-refractivity contribution in [2.45, 2.75) is 6.92 Å². The molecule has 1 aromatic heterocycles. The summed E-state index contributed by atoms with van der Waals surface area (Å²) in [6.07, 6.45) is 1.58. The summed E-state index contributed by atoms with van der Waals surface area (Å²) in [4.78, 5) is 41.3. The Kier molecular flexibility index (Phi) is 6.35. The van der Waals surface area contributed by atoms with Crippen LogP contribution in [0.3, 0.4) is 0 Å². The van der Waals surface area contributed by atoms with Crippen molar-refractivity contribution < 1.29 is 24.0 Å². The van der Waals surface area contributed by atoms with E-state index in [4.69, 9.17) is 9.47 Å². The van der Waals surface area contributed by atoms with Gasteiger partial charge in [-0.15, -0.1) is 0 Å². The monoisotopic (exact) mass is 400 g/mol. The molecule has 1 N–H and O–H groups in total. The first-order chi connectivity index (χ1) is 14.0. The molecule has 0 bridgehead atoms. The van der Waals surface area contributed by atoms with Crippen molar-refractivity contribution in [3.63, 3.8) is 0 Å². The Balaban J connectivity index is 1.64. The van der Waals surface area contributed by atoms with Crippen LogP contribution < -0.4 is 10.2 Å². The number of nitrogens with zero attached hydrogens (tertiary/aromatic N) is 3. The number of benzene rings is 1. The predicted octanol–water partition coefficient (Wildman–Crippen LogP) is 1.93. The third-order valence-electron chi connectivity index (χ3n) is 4.43. The Labute approximate surface area is 166 Å². The van der Waals surface area contributed by atoms with Gasteiger partial charge in [-0.05, 0) is 25.1 Å². The first-order valence-corrected chi connectivity index (χ1v) is 8.96. The van der Waals surface area contributed by atoms with Gasteiger partial charge in [-0.1, -0.05) is 6.07 Å². The van der Waals surface area contributed by atoms with Crippen molar-refractivity contribution in [3.8, 4) is 0 Å². The van der Waals surface area contributed by atoms with Crippen LogP contribution in [0.5, 0.6) is 0 Å². The second-order valence-corrected chi connectivity index (χ2v) is 6.31. The summed E-state index contributed by atoms with van der Waals surface area (Å²) in [7, 11) is 0. The van der Waals surface area contributed by atoms with Crippen LogP contribution >= 0.6 is 0 Å². The van der Waals surface area contributed by atoms with Gasteiger partial charge in [0.05, 0.1) is 29.4 Å². The van der Waals surface area contributed by atoms with Crippen molar-refractivity contribution in [1.82, 2.24) is 4.98 Å². The number of ether oxygens (including phenoxy) is 2. The van der Waals surface area contributed by atoms with Crippen molar-refractivity contribution >= 4 is 29.1 Å². The fourth-order valence-corrected chi connectivity index (χ4v) is 2.94. The molecule has 0 radical (unpaired) electrons. The van der Waals surface area contributed by atoms with Gasteiger partial charge in [0.2, 0.25) is 0 Å². The Bertz CT molecular complexity index is 927. The van der Waals surface area contributed by atoms with Crippen molar-refractivity contribution in [3.05, 3.63) is 57.8 Å². The molecule has 1 amide bonds. The molecule has 0 saturated carbocycles. The number of morpholine rings is 1. The van der Waals surface area contributed by atoms with Gasteiger partial charge in [0.1, 0.15) is 11.4 Å². The second-order valence-electron chi connectivity index (χ2n) is 6.31. The van der Waals surface area contributed by atoms with E-state index in [1.54, 1.807) is 24.4 Å². The smallest absolute Gasteiger partial charge is 0.342 e. The molecule has 1 aromatic carbocycles. The normalized spacial score (nSPS) is 13.6. The van der Waals surface area contributed by atoms with Gasteiger partial charge in [0.25, 0.3) is 11.6 Å². The van der Waals surface area contributed by atoms with Crippen LogP contribution in [0.2, 0.25) is 0 Å². The third-order valence-corrected chi connectivity index (χ3v) is 4.43. The maximum atomic E-state index is 12.5. The van der Waals surface area contributed by atoms with E-state index in [9.17, 15) is 19.7 Å². The number of anilines is 2. The molecule has 1 fully saturated rings. The summed E-state index contributed by atoms with van der Waals surface area (Å²) in [5.74, 6) is -0.792. The predicted molar refractivity (Wildman–Crippen MR) is 104 cm³/mol. The van der Waals surface area contributed by atoms with Crippen molar-refractivity contribution in [2.24, 2.45) is 0 Å². The highest BCUT2D eigenvalue weighted by Crippen LogP contribution is 2.25. The molecule has 0 aliphatic carbocycles. The average molecular weight is 400 g/mol. The second kappa shape index (κ2) is 9.11. The van der Waals surface area contributed by atoms with Crippen molar-refractivity contribution in [2.75, 3.05) is 43.1 Å². The van der Waals surface area contributed by atoms with E-state index in [-0.39, 0.29) is 16.9 Å². The van der Waals surface area contributed by atoms with Gasteiger partial charge in [-0.3, -0.25) is 14.9 Å².